The zero-order chi connectivity index (χ0) is 19.9. The lowest BCUT2D eigenvalue weighted by molar-refractivity contribution is 0.0600. The molecule has 2 aromatic carbocycles. The summed E-state index contributed by atoms with van der Waals surface area (Å²) in [6.45, 7) is 5.00. The highest BCUT2D eigenvalue weighted by atomic mass is 16.5. The summed E-state index contributed by atoms with van der Waals surface area (Å²) in [5.74, 6) is 0.310. The molecular formula is C21H25N3O4. The number of carbonyl (C=O) groups excluding carboxylic acids is 2. The van der Waals surface area contributed by atoms with Crippen LogP contribution >= 0.6 is 0 Å². The van der Waals surface area contributed by atoms with Crippen molar-refractivity contribution in [2.45, 2.75) is 6.92 Å². The largest absolute Gasteiger partial charge is 0.492 e. The van der Waals surface area contributed by atoms with Crippen molar-refractivity contribution in [1.29, 1.82) is 0 Å². The third-order valence-electron chi connectivity index (χ3n) is 4.63. The number of anilines is 2. The standard InChI is InChI=1S/C21H25N3O4/c1-3-28-19-10-5-4-9-18(19)22-21(26)24-13-11-23(12-14-24)17-8-6-7-16(15-17)20(25)27-2/h4-10,15H,3,11-14H2,1-2H3,(H,22,26). The van der Waals surface area contributed by atoms with Gasteiger partial charge in [-0.25, -0.2) is 9.59 Å². The van der Waals surface area contributed by atoms with Crippen LogP contribution in [0.5, 0.6) is 5.75 Å². The molecule has 0 aromatic heterocycles. The van der Waals surface area contributed by atoms with Gasteiger partial charge in [0.15, 0.2) is 0 Å². The fourth-order valence-corrected chi connectivity index (χ4v) is 3.16. The second-order valence-electron chi connectivity index (χ2n) is 6.38. The van der Waals surface area contributed by atoms with Crippen LogP contribution < -0.4 is 15.0 Å². The van der Waals surface area contributed by atoms with Gasteiger partial charge in [-0.2, -0.15) is 0 Å². The van der Waals surface area contributed by atoms with Gasteiger partial charge in [0.05, 0.1) is 25.0 Å². The van der Waals surface area contributed by atoms with Gasteiger partial charge in [-0.15, -0.1) is 0 Å². The molecule has 1 N–H and O–H groups in total. The molecule has 7 nitrogen and oxygen atoms in total. The van der Waals surface area contributed by atoms with E-state index < -0.39 is 0 Å². The minimum Gasteiger partial charge on any atom is -0.492 e. The van der Waals surface area contributed by atoms with Gasteiger partial charge in [0.2, 0.25) is 0 Å². The van der Waals surface area contributed by atoms with E-state index in [9.17, 15) is 9.59 Å². The van der Waals surface area contributed by atoms with Crippen LogP contribution in [0.2, 0.25) is 0 Å². The van der Waals surface area contributed by atoms with Crippen molar-refractivity contribution in [2.24, 2.45) is 0 Å². The monoisotopic (exact) mass is 383 g/mol. The van der Waals surface area contributed by atoms with Crippen molar-refractivity contribution < 1.29 is 19.1 Å². The lowest BCUT2D eigenvalue weighted by atomic mass is 10.1. The lowest BCUT2D eigenvalue weighted by Gasteiger charge is -2.36. The molecule has 1 fully saturated rings. The second-order valence-corrected chi connectivity index (χ2v) is 6.38. The van der Waals surface area contributed by atoms with Crippen LogP contribution in [0.3, 0.4) is 0 Å². The number of amides is 2. The van der Waals surface area contributed by atoms with E-state index in [0.29, 0.717) is 49.8 Å². The molecule has 148 valence electrons. The van der Waals surface area contributed by atoms with Gasteiger partial charge in [-0.1, -0.05) is 18.2 Å². The van der Waals surface area contributed by atoms with Crippen molar-refractivity contribution in [2.75, 3.05) is 50.1 Å². The predicted molar refractivity (Wildman–Crippen MR) is 108 cm³/mol. The molecule has 0 atom stereocenters. The Morgan fingerprint density at radius 1 is 1.04 bits per heavy atom. The molecule has 0 bridgehead atoms. The van der Waals surface area contributed by atoms with Crippen LogP contribution in [0, 0.1) is 0 Å². The van der Waals surface area contributed by atoms with E-state index in [4.69, 9.17) is 9.47 Å². The average molecular weight is 383 g/mol. The molecule has 28 heavy (non-hydrogen) atoms. The molecule has 2 aromatic rings. The number of benzene rings is 2. The second kappa shape index (κ2) is 9.12. The number of urea groups is 1. The number of hydrogen-bond donors (Lipinski definition) is 1. The third kappa shape index (κ3) is 4.54. The molecule has 0 aliphatic carbocycles. The SMILES string of the molecule is CCOc1ccccc1NC(=O)N1CCN(c2cccc(C(=O)OC)c2)CC1. The van der Waals surface area contributed by atoms with Crippen LogP contribution in [0.25, 0.3) is 0 Å². The number of nitrogens with one attached hydrogen (secondary N) is 1. The Morgan fingerprint density at radius 2 is 1.79 bits per heavy atom. The fraction of sp³-hybridized carbons (Fsp3) is 0.333. The van der Waals surface area contributed by atoms with E-state index in [-0.39, 0.29) is 12.0 Å². The van der Waals surface area contributed by atoms with Crippen molar-refractivity contribution in [1.82, 2.24) is 4.90 Å². The predicted octanol–water partition coefficient (Wildman–Crippen LogP) is 3.23. The third-order valence-corrected chi connectivity index (χ3v) is 4.63. The number of methoxy groups -OCH3 is 1. The van der Waals surface area contributed by atoms with E-state index in [0.717, 1.165) is 5.69 Å². The number of hydrogen-bond acceptors (Lipinski definition) is 5. The molecule has 3 rings (SSSR count). The maximum absolute atomic E-state index is 12.6. The smallest absolute Gasteiger partial charge is 0.337 e. The first-order valence-electron chi connectivity index (χ1n) is 9.33. The summed E-state index contributed by atoms with van der Waals surface area (Å²) < 4.78 is 10.3. The molecule has 0 saturated carbocycles. The van der Waals surface area contributed by atoms with Crippen molar-refractivity contribution >= 4 is 23.4 Å². The molecule has 7 heteroatoms. The molecule has 1 heterocycles. The maximum Gasteiger partial charge on any atom is 0.337 e. The number of ether oxygens (including phenoxy) is 2. The van der Waals surface area contributed by atoms with Crippen LogP contribution in [0.1, 0.15) is 17.3 Å². The number of rotatable bonds is 5. The number of para-hydroxylation sites is 2. The highest BCUT2D eigenvalue weighted by molar-refractivity contribution is 5.91. The quantitative estimate of drug-likeness (QED) is 0.803. The number of carbonyl (C=O) groups is 2. The van der Waals surface area contributed by atoms with Crippen molar-refractivity contribution in [3.63, 3.8) is 0 Å². The van der Waals surface area contributed by atoms with Gasteiger partial charge >= 0.3 is 12.0 Å². The Morgan fingerprint density at radius 3 is 2.50 bits per heavy atom. The number of nitrogens with zero attached hydrogens (tertiary/aromatic N) is 2. The van der Waals surface area contributed by atoms with Crippen LogP contribution in [-0.4, -0.2) is 56.8 Å². The Kier molecular flexibility index (Phi) is 6.37. The lowest BCUT2D eigenvalue weighted by Crippen LogP contribution is -2.50. The van der Waals surface area contributed by atoms with Crippen LogP contribution in [0.15, 0.2) is 48.5 Å². The van der Waals surface area contributed by atoms with Gasteiger partial charge in [-0.05, 0) is 37.3 Å². The fourth-order valence-electron chi connectivity index (χ4n) is 3.16. The molecule has 1 saturated heterocycles. The molecule has 0 spiro atoms. The number of piperazine rings is 1. The molecule has 1 aliphatic rings. The van der Waals surface area contributed by atoms with Gasteiger partial charge in [0, 0.05) is 31.9 Å². The summed E-state index contributed by atoms with van der Waals surface area (Å²) in [5, 5.41) is 2.93. The van der Waals surface area contributed by atoms with E-state index in [2.05, 4.69) is 10.2 Å². The Balaban J connectivity index is 1.60. The van der Waals surface area contributed by atoms with Gasteiger partial charge < -0.3 is 24.6 Å². The van der Waals surface area contributed by atoms with Crippen LogP contribution in [0.4, 0.5) is 16.2 Å². The highest BCUT2D eigenvalue weighted by Gasteiger charge is 2.22. The van der Waals surface area contributed by atoms with Gasteiger partial charge in [0.25, 0.3) is 0 Å². The first kappa shape index (κ1) is 19.5. The summed E-state index contributed by atoms with van der Waals surface area (Å²) in [4.78, 5) is 28.3. The Labute approximate surface area is 164 Å². The first-order valence-corrected chi connectivity index (χ1v) is 9.33. The van der Waals surface area contributed by atoms with Gasteiger partial charge in [-0.3, -0.25) is 0 Å². The molecule has 0 unspecified atom stereocenters. The topological polar surface area (TPSA) is 71.1 Å². The average Bonchev–Trinajstić information content (AvgIpc) is 2.75. The van der Waals surface area contributed by atoms with Crippen LogP contribution in [-0.2, 0) is 4.74 Å². The highest BCUT2D eigenvalue weighted by Crippen LogP contribution is 2.24. The van der Waals surface area contributed by atoms with Gasteiger partial charge in [0.1, 0.15) is 5.75 Å². The van der Waals surface area contributed by atoms with Crippen molar-refractivity contribution in [3.05, 3.63) is 54.1 Å². The minimum atomic E-state index is -0.354. The normalized spacial score (nSPS) is 13.8. The zero-order valence-electron chi connectivity index (χ0n) is 16.2. The van der Waals surface area contributed by atoms with E-state index in [1.54, 1.807) is 11.0 Å². The van der Waals surface area contributed by atoms with Crippen molar-refractivity contribution in [3.8, 4) is 5.75 Å². The molecule has 2 amide bonds. The molecule has 1 aliphatic heterocycles. The summed E-state index contributed by atoms with van der Waals surface area (Å²) in [5.41, 5.74) is 2.14. The minimum absolute atomic E-state index is 0.143. The Hall–Kier alpha value is -3.22. The Bertz CT molecular complexity index is 832. The summed E-state index contributed by atoms with van der Waals surface area (Å²) >= 11 is 0. The number of esters is 1. The molecule has 0 radical (unpaired) electrons. The van der Waals surface area contributed by atoms with E-state index in [1.165, 1.54) is 7.11 Å². The van der Waals surface area contributed by atoms with E-state index in [1.807, 2.05) is 49.4 Å². The summed E-state index contributed by atoms with van der Waals surface area (Å²) in [6.07, 6.45) is 0. The van der Waals surface area contributed by atoms with E-state index >= 15 is 0 Å². The first-order chi connectivity index (χ1) is 13.6. The summed E-state index contributed by atoms with van der Waals surface area (Å²) in [7, 11) is 1.37. The zero-order valence-corrected chi connectivity index (χ0v) is 16.2. The molecular weight excluding hydrogens is 358 g/mol. The maximum atomic E-state index is 12.6. The summed E-state index contributed by atoms with van der Waals surface area (Å²) in [6, 6.07) is 14.6.